The van der Waals surface area contributed by atoms with E-state index < -0.39 is 0 Å². The van der Waals surface area contributed by atoms with Crippen LogP contribution >= 0.6 is 11.6 Å². The van der Waals surface area contributed by atoms with Crippen LogP contribution in [0, 0.1) is 5.92 Å². The van der Waals surface area contributed by atoms with Gasteiger partial charge in [-0.2, -0.15) is 0 Å². The molecule has 17 heavy (non-hydrogen) atoms. The van der Waals surface area contributed by atoms with Crippen LogP contribution in [0.3, 0.4) is 0 Å². The Bertz CT molecular complexity index is 368. The van der Waals surface area contributed by atoms with Crippen LogP contribution < -0.4 is 0 Å². The zero-order valence-corrected chi connectivity index (χ0v) is 11.8. The van der Waals surface area contributed by atoms with Crippen molar-refractivity contribution in [2.45, 2.75) is 51.4 Å². The van der Waals surface area contributed by atoms with Gasteiger partial charge < -0.3 is 0 Å². The minimum Gasteiger partial charge on any atom is -0.126 e. The Labute approximate surface area is 110 Å². The van der Waals surface area contributed by atoms with Crippen molar-refractivity contribution in [3.63, 3.8) is 0 Å². The molecule has 0 heterocycles. The van der Waals surface area contributed by atoms with E-state index in [1.165, 1.54) is 43.2 Å². The SMILES string of the molecule is CCC(CC)C1(CCl)CCCc2ccccc21. The third kappa shape index (κ3) is 2.12. The lowest BCUT2D eigenvalue weighted by Crippen LogP contribution is -2.40. The van der Waals surface area contributed by atoms with Gasteiger partial charge in [0.25, 0.3) is 0 Å². The Morgan fingerprint density at radius 3 is 2.59 bits per heavy atom. The van der Waals surface area contributed by atoms with Crippen LogP contribution in [0.1, 0.15) is 50.7 Å². The Kier molecular flexibility index (Phi) is 4.14. The Morgan fingerprint density at radius 2 is 1.94 bits per heavy atom. The van der Waals surface area contributed by atoms with Crippen molar-refractivity contribution in [2.24, 2.45) is 5.92 Å². The fraction of sp³-hybridized carbons (Fsp3) is 0.625. The molecule has 1 aliphatic rings. The molecule has 1 unspecified atom stereocenters. The molecule has 0 N–H and O–H groups in total. The monoisotopic (exact) mass is 250 g/mol. The first-order chi connectivity index (χ1) is 8.28. The summed E-state index contributed by atoms with van der Waals surface area (Å²) in [5.74, 6) is 1.50. The molecule has 0 saturated carbocycles. The number of hydrogen-bond donors (Lipinski definition) is 0. The molecule has 1 aromatic carbocycles. The van der Waals surface area contributed by atoms with E-state index in [-0.39, 0.29) is 5.41 Å². The van der Waals surface area contributed by atoms with Crippen LogP contribution in [0.15, 0.2) is 24.3 Å². The third-order valence-electron chi connectivity index (χ3n) is 4.63. The molecule has 0 aromatic heterocycles. The second kappa shape index (κ2) is 5.44. The maximum atomic E-state index is 6.42. The second-order valence-corrected chi connectivity index (χ2v) is 5.58. The van der Waals surface area contributed by atoms with E-state index in [4.69, 9.17) is 11.6 Å². The van der Waals surface area contributed by atoms with Crippen molar-refractivity contribution in [2.75, 3.05) is 5.88 Å². The lowest BCUT2D eigenvalue weighted by molar-refractivity contribution is 0.243. The van der Waals surface area contributed by atoms with E-state index in [9.17, 15) is 0 Å². The number of aryl methyl sites for hydroxylation is 1. The molecule has 94 valence electrons. The number of hydrogen-bond acceptors (Lipinski definition) is 0. The van der Waals surface area contributed by atoms with Crippen LogP contribution in [0.25, 0.3) is 0 Å². The molecule has 0 saturated heterocycles. The zero-order chi connectivity index (χ0) is 12.3. The number of halogens is 1. The molecule has 0 nitrogen and oxygen atoms in total. The first-order valence-corrected chi connectivity index (χ1v) is 7.46. The fourth-order valence-electron chi connectivity index (χ4n) is 3.70. The predicted octanol–water partition coefficient (Wildman–Crippen LogP) is 4.94. The quantitative estimate of drug-likeness (QED) is 0.665. The van der Waals surface area contributed by atoms with E-state index in [1.54, 1.807) is 0 Å². The molecule has 1 atom stereocenters. The van der Waals surface area contributed by atoms with Gasteiger partial charge in [0.15, 0.2) is 0 Å². The van der Waals surface area contributed by atoms with Crippen LogP contribution in [0.2, 0.25) is 0 Å². The maximum Gasteiger partial charge on any atom is 0.0323 e. The van der Waals surface area contributed by atoms with E-state index in [1.807, 2.05) is 0 Å². The van der Waals surface area contributed by atoms with Crippen molar-refractivity contribution in [1.29, 1.82) is 0 Å². The van der Waals surface area contributed by atoms with E-state index in [0.717, 1.165) is 11.8 Å². The van der Waals surface area contributed by atoms with Crippen molar-refractivity contribution in [1.82, 2.24) is 0 Å². The smallest absolute Gasteiger partial charge is 0.0323 e. The highest BCUT2D eigenvalue weighted by molar-refractivity contribution is 6.18. The number of alkyl halides is 1. The van der Waals surface area contributed by atoms with Gasteiger partial charge in [-0.3, -0.25) is 0 Å². The van der Waals surface area contributed by atoms with Gasteiger partial charge in [-0.05, 0) is 36.3 Å². The summed E-state index contributed by atoms with van der Waals surface area (Å²) in [5, 5.41) is 0. The molecule has 1 aliphatic carbocycles. The summed E-state index contributed by atoms with van der Waals surface area (Å²) in [6, 6.07) is 8.94. The summed E-state index contributed by atoms with van der Waals surface area (Å²) < 4.78 is 0. The van der Waals surface area contributed by atoms with E-state index in [2.05, 4.69) is 38.1 Å². The van der Waals surface area contributed by atoms with Crippen molar-refractivity contribution >= 4 is 11.6 Å². The standard InChI is InChI=1S/C16H23Cl/c1-3-14(4-2)16(12-17)11-7-9-13-8-5-6-10-15(13)16/h5-6,8,10,14H,3-4,7,9,11-12H2,1-2H3. The molecule has 0 spiro atoms. The number of fused-ring (bicyclic) bond motifs is 1. The summed E-state index contributed by atoms with van der Waals surface area (Å²) >= 11 is 6.42. The Balaban J connectivity index is 2.48. The summed E-state index contributed by atoms with van der Waals surface area (Å²) in [7, 11) is 0. The van der Waals surface area contributed by atoms with Gasteiger partial charge in [0.05, 0.1) is 0 Å². The molecular weight excluding hydrogens is 228 g/mol. The average molecular weight is 251 g/mol. The molecule has 2 rings (SSSR count). The first-order valence-electron chi connectivity index (χ1n) is 6.92. The molecule has 0 fully saturated rings. The first kappa shape index (κ1) is 13.0. The molecule has 0 amide bonds. The minimum atomic E-state index is 0.236. The molecule has 1 heteroatoms. The lowest BCUT2D eigenvalue weighted by Gasteiger charge is -2.43. The van der Waals surface area contributed by atoms with E-state index >= 15 is 0 Å². The van der Waals surface area contributed by atoms with E-state index in [0.29, 0.717) is 0 Å². The summed E-state index contributed by atoms with van der Waals surface area (Å²) in [5.41, 5.74) is 3.31. The van der Waals surface area contributed by atoms with Crippen LogP contribution in [0.5, 0.6) is 0 Å². The molecule has 0 bridgehead atoms. The molecule has 0 aliphatic heterocycles. The van der Waals surface area contributed by atoms with Crippen LogP contribution in [-0.2, 0) is 11.8 Å². The van der Waals surface area contributed by atoms with Gasteiger partial charge in [-0.25, -0.2) is 0 Å². The normalized spacial score (nSPS) is 23.8. The highest BCUT2D eigenvalue weighted by atomic mass is 35.5. The van der Waals surface area contributed by atoms with Crippen LogP contribution in [-0.4, -0.2) is 5.88 Å². The summed E-state index contributed by atoms with van der Waals surface area (Å²) in [6.07, 6.45) is 6.25. The van der Waals surface area contributed by atoms with Crippen molar-refractivity contribution in [3.8, 4) is 0 Å². The summed E-state index contributed by atoms with van der Waals surface area (Å²) in [4.78, 5) is 0. The third-order valence-corrected chi connectivity index (χ3v) is 5.11. The Morgan fingerprint density at radius 1 is 1.24 bits per heavy atom. The van der Waals surface area contributed by atoms with Crippen molar-refractivity contribution in [3.05, 3.63) is 35.4 Å². The summed E-state index contributed by atoms with van der Waals surface area (Å²) in [6.45, 7) is 4.61. The molecule has 0 radical (unpaired) electrons. The maximum absolute atomic E-state index is 6.42. The highest BCUT2D eigenvalue weighted by Gasteiger charge is 2.40. The van der Waals surface area contributed by atoms with Gasteiger partial charge in [-0.1, -0.05) is 51.0 Å². The second-order valence-electron chi connectivity index (χ2n) is 5.31. The number of rotatable bonds is 4. The highest BCUT2D eigenvalue weighted by Crippen LogP contribution is 2.46. The topological polar surface area (TPSA) is 0 Å². The predicted molar refractivity (Wildman–Crippen MR) is 75.9 cm³/mol. The minimum absolute atomic E-state index is 0.236. The van der Waals surface area contributed by atoms with Gasteiger partial charge in [0, 0.05) is 11.3 Å². The van der Waals surface area contributed by atoms with Crippen molar-refractivity contribution < 1.29 is 0 Å². The van der Waals surface area contributed by atoms with Gasteiger partial charge in [-0.15, -0.1) is 11.6 Å². The van der Waals surface area contributed by atoms with Crippen LogP contribution in [0.4, 0.5) is 0 Å². The lowest BCUT2D eigenvalue weighted by atomic mass is 9.62. The molecular formula is C16H23Cl. The molecule has 1 aromatic rings. The zero-order valence-electron chi connectivity index (χ0n) is 11.0. The largest absolute Gasteiger partial charge is 0.126 e. The number of benzene rings is 1. The average Bonchev–Trinajstić information content (AvgIpc) is 2.40. The Hall–Kier alpha value is -0.490. The fourth-order valence-corrected chi connectivity index (χ4v) is 4.19. The van der Waals surface area contributed by atoms with Gasteiger partial charge in [0.2, 0.25) is 0 Å². The van der Waals surface area contributed by atoms with Gasteiger partial charge in [0.1, 0.15) is 0 Å². The van der Waals surface area contributed by atoms with Gasteiger partial charge >= 0.3 is 0 Å².